The number of carboxylic acids is 1. The van der Waals surface area contributed by atoms with Crippen LogP contribution in [0.15, 0.2) is 46.9 Å². The number of carboxylic acid groups (broad SMARTS) is 1. The number of ether oxygens (including phenoxy) is 1. The van der Waals surface area contributed by atoms with Gasteiger partial charge in [0.2, 0.25) is 5.91 Å². The van der Waals surface area contributed by atoms with Crippen LogP contribution in [0.2, 0.25) is 0 Å². The lowest BCUT2D eigenvalue weighted by Crippen LogP contribution is -2.45. The third-order valence-electron chi connectivity index (χ3n) is 4.67. The molecule has 1 saturated heterocycles. The smallest absolute Gasteiger partial charge is 0.306 e. The summed E-state index contributed by atoms with van der Waals surface area (Å²) >= 11 is 0. The molecule has 2 aromatic rings. The Labute approximate surface area is 162 Å². The highest BCUT2D eigenvalue weighted by Gasteiger charge is 2.28. The number of para-hydroxylation sites is 1. The van der Waals surface area contributed by atoms with E-state index < -0.39 is 17.8 Å². The SMILES string of the molecule is CN(CC(=O)N1CCC(C(=O)O)CC1)C(=O)c1ccc(Oc2ccccc2)o1. The van der Waals surface area contributed by atoms with Crippen LogP contribution in [-0.4, -0.2) is 59.4 Å². The van der Waals surface area contributed by atoms with Crippen LogP contribution >= 0.6 is 0 Å². The van der Waals surface area contributed by atoms with Gasteiger partial charge >= 0.3 is 5.97 Å². The molecule has 28 heavy (non-hydrogen) atoms. The van der Waals surface area contributed by atoms with E-state index in [0.717, 1.165) is 0 Å². The zero-order valence-electron chi connectivity index (χ0n) is 15.5. The molecule has 1 aliphatic heterocycles. The number of hydrogen-bond donors (Lipinski definition) is 1. The summed E-state index contributed by atoms with van der Waals surface area (Å²) in [4.78, 5) is 38.8. The minimum absolute atomic E-state index is 0.0748. The Morgan fingerprint density at radius 1 is 1.14 bits per heavy atom. The number of aliphatic carboxylic acids is 1. The Morgan fingerprint density at radius 3 is 2.46 bits per heavy atom. The average Bonchev–Trinajstić information content (AvgIpc) is 3.16. The average molecular weight is 386 g/mol. The second-order valence-electron chi connectivity index (χ2n) is 6.69. The number of rotatable bonds is 6. The summed E-state index contributed by atoms with van der Waals surface area (Å²) in [5, 5.41) is 9.03. The Bertz CT molecular complexity index is 839. The van der Waals surface area contributed by atoms with E-state index in [0.29, 0.717) is 31.7 Å². The molecule has 1 aromatic carbocycles. The van der Waals surface area contributed by atoms with Crippen molar-refractivity contribution in [1.82, 2.24) is 9.80 Å². The number of nitrogens with zero attached hydrogens (tertiary/aromatic N) is 2. The minimum atomic E-state index is -0.828. The normalized spacial score (nSPS) is 14.5. The zero-order chi connectivity index (χ0) is 20.1. The number of piperidine rings is 1. The lowest BCUT2D eigenvalue weighted by atomic mass is 9.97. The predicted octanol–water partition coefficient (Wildman–Crippen LogP) is 2.47. The van der Waals surface area contributed by atoms with Gasteiger partial charge in [0.15, 0.2) is 5.76 Å². The molecule has 2 amide bonds. The Hall–Kier alpha value is -3.29. The number of amides is 2. The van der Waals surface area contributed by atoms with E-state index in [1.54, 1.807) is 23.1 Å². The first-order valence-electron chi connectivity index (χ1n) is 9.03. The zero-order valence-corrected chi connectivity index (χ0v) is 15.5. The highest BCUT2D eigenvalue weighted by Crippen LogP contribution is 2.24. The number of carbonyl (C=O) groups excluding carboxylic acids is 2. The van der Waals surface area contributed by atoms with Crippen LogP contribution < -0.4 is 4.74 Å². The molecule has 8 heteroatoms. The maximum atomic E-state index is 12.5. The van der Waals surface area contributed by atoms with E-state index in [1.807, 2.05) is 18.2 Å². The quantitative estimate of drug-likeness (QED) is 0.819. The molecule has 0 saturated carbocycles. The van der Waals surface area contributed by atoms with Gasteiger partial charge in [-0.05, 0) is 31.0 Å². The largest absolute Gasteiger partial charge is 0.481 e. The second kappa shape index (κ2) is 8.60. The molecule has 8 nitrogen and oxygen atoms in total. The van der Waals surface area contributed by atoms with Gasteiger partial charge in [-0.1, -0.05) is 18.2 Å². The third kappa shape index (κ3) is 4.70. The van der Waals surface area contributed by atoms with E-state index in [-0.39, 0.29) is 24.2 Å². The van der Waals surface area contributed by atoms with Crippen LogP contribution in [0.1, 0.15) is 23.4 Å². The summed E-state index contributed by atoms with van der Waals surface area (Å²) in [7, 11) is 1.52. The van der Waals surface area contributed by atoms with Crippen molar-refractivity contribution in [3.05, 3.63) is 48.2 Å². The summed E-state index contributed by atoms with van der Waals surface area (Å²) in [6.07, 6.45) is 0.855. The molecule has 0 bridgehead atoms. The number of likely N-dealkylation sites (tertiary alicyclic amines) is 1. The van der Waals surface area contributed by atoms with Gasteiger partial charge in [-0.25, -0.2) is 0 Å². The van der Waals surface area contributed by atoms with Crippen molar-refractivity contribution in [2.45, 2.75) is 12.8 Å². The number of carbonyl (C=O) groups is 3. The van der Waals surface area contributed by atoms with Gasteiger partial charge in [0.05, 0.1) is 12.5 Å². The van der Waals surface area contributed by atoms with Crippen molar-refractivity contribution in [3.8, 4) is 11.7 Å². The topological polar surface area (TPSA) is 100 Å². The molecule has 1 N–H and O–H groups in total. The van der Waals surface area contributed by atoms with Crippen molar-refractivity contribution >= 4 is 17.8 Å². The second-order valence-corrected chi connectivity index (χ2v) is 6.69. The molecule has 1 fully saturated rings. The van der Waals surface area contributed by atoms with Crippen LogP contribution in [0, 0.1) is 5.92 Å². The molecular formula is C20H22N2O6. The lowest BCUT2D eigenvalue weighted by molar-refractivity contribution is -0.145. The molecule has 0 atom stereocenters. The van der Waals surface area contributed by atoms with Crippen LogP contribution in [0.25, 0.3) is 0 Å². The standard InChI is InChI=1S/C20H22N2O6/c1-21(13-17(23)22-11-9-14(10-12-22)20(25)26)19(24)16-7-8-18(28-16)27-15-5-3-2-4-6-15/h2-8,14H,9-13H2,1H3,(H,25,26). The Kier molecular flexibility index (Phi) is 5.98. The van der Waals surface area contributed by atoms with Crippen LogP contribution in [0.3, 0.4) is 0 Å². The van der Waals surface area contributed by atoms with Gasteiger partial charge in [0, 0.05) is 26.2 Å². The van der Waals surface area contributed by atoms with E-state index >= 15 is 0 Å². The molecule has 0 aliphatic carbocycles. The summed E-state index contributed by atoms with van der Waals surface area (Å²) in [6, 6.07) is 12.1. The number of likely N-dealkylation sites (N-methyl/N-ethyl adjacent to an activating group) is 1. The fourth-order valence-electron chi connectivity index (χ4n) is 3.03. The van der Waals surface area contributed by atoms with Crippen molar-refractivity contribution < 1.29 is 28.6 Å². The number of benzene rings is 1. The first-order valence-corrected chi connectivity index (χ1v) is 9.03. The molecular weight excluding hydrogens is 364 g/mol. The molecule has 2 heterocycles. The maximum absolute atomic E-state index is 12.5. The Morgan fingerprint density at radius 2 is 1.82 bits per heavy atom. The first-order chi connectivity index (χ1) is 13.4. The maximum Gasteiger partial charge on any atom is 0.306 e. The van der Waals surface area contributed by atoms with E-state index in [9.17, 15) is 14.4 Å². The van der Waals surface area contributed by atoms with Gasteiger partial charge in [0.25, 0.3) is 11.9 Å². The first kappa shape index (κ1) is 19.5. The highest BCUT2D eigenvalue weighted by molar-refractivity contribution is 5.94. The summed E-state index contributed by atoms with van der Waals surface area (Å²) in [6.45, 7) is 0.660. The van der Waals surface area contributed by atoms with Crippen LogP contribution in [0.5, 0.6) is 11.7 Å². The van der Waals surface area contributed by atoms with Crippen molar-refractivity contribution in [2.75, 3.05) is 26.7 Å². The van der Waals surface area contributed by atoms with E-state index in [1.165, 1.54) is 18.0 Å². The summed E-state index contributed by atoms with van der Waals surface area (Å²) in [5.41, 5.74) is 0. The third-order valence-corrected chi connectivity index (χ3v) is 4.67. The molecule has 1 aliphatic rings. The van der Waals surface area contributed by atoms with Crippen LogP contribution in [-0.2, 0) is 9.59 Å². The van der Waals surface area contributed by atoms with Gasteiger partial charge < -0.3 is 24.1 Å². The Balaban J connectivity index is 1.53. The number of furan rings is 1. The fraction of sp³-hybridized carbons (Fsp3) is 0.350. The lowest BCUT2D eigenvalue weighted by Gasteiger charge is -2.31. The van der Waals surface area contributed by atoms with Crippen molar-refractivity contribution in [3.63, 3.8) is 0 Å². The molecule has 3 rings (SSSR count). The predicted molar refractivity (Wildman–Crippen MR) is 99.1 cm³/mol. The van der Waals surface area contributed by atoms with Gasteiger partial charge in [-0.3, -0.25) is 14.4 Å². The molecule has 148 valence electrons. The summed E-state index contributed by atoms with van der Waals surface area (Å²) in [5.74, 6) is -1.04. The van der Waals surface area contributed by atoms with Crippen LogP contribution in [0.4, 0.5) is 0 Å². The van der Waals surface area contributed by atoms with Gasteiger partial charge in [-0.15, -0.1) is 0 Å². The fourth-order valence-corrected chi connectivity index (χ4v) is 3.03. The molecule has 1 aromatic heterocycles. The van der Waals surface area contributed by atoms with Crippen molar-refractivity contribution in [1.29, 1.82) is 0 Å². The minimum Gasteiger partial charge on any atom is -0.481 e. The van der Waals surface area contributed by atoms with E-state index in [4.69, 9.17) is 14.3 Å². The monoisotopic (exact) mass is 386 g/mol. The van der Waals surface area contributed by atoms with Crippen molar-refractivity contribution in [2.24, 2.45) is 5.92 Å². The van der Waals surface area contributed by atoms with Gasteiger partial charge in [-0.2, -0.15) is 0 Å². The molecule has 0 spiro atoms. The highest BCUT2D eigenvalue weighted by atomic mass is 16.6. The van der Waals surface area contributed by atoms with Gasteiger partial charge in [0.1, 0.15) is 5.75 Å². The molecule has 0 unspecified atom stereocenters. The molecule has 0 radical (unpaired) electrons. The summed E-state index contributed by atoms with van der Waals surface area (Å²) < 4.78 is 11.0. The van der Waals surface area contributed by atoms with E-state index in [2.05, 4.69) is 0 Å². The number of hydrogen-bond acceptors (Lipinski definition) is 5.